The second-order valence-corrected chi connectivity index (χ2v) is 6.47. The van der Waals surface area contributed by atoms with Crippen molar-refractivity contribution in [3.05, 3.63) is 0 Å². The van der Waals surface area contributed by atoms with Crippen molar-refractivity contribution in [1.29, 1.82) is 0 Å². The minimum absolute atomic E-state index is 0.0195. The number of hydrogen-bond acceptors (Lipinski definition) is 6. The van der Waals surface area contributed by atoms with Crippen LogP contribution in [-0.4, -0.2) is 69.7 Å². The number of Topliss-reactive ketones (excluding diaryl/α,β-unsaturated/α-hetero) is 1. The Morgan fingerprint density at radius 1 is 0.786 bits per heavy atom. The SMILES string of the molecule is CC(C)C(=O)CCOCCOCCC(=O)NCC(=O)NCCCCNC(N)=O. The third-order valence-corrected chi connectivity index (χ3v) is 3.65. The number of unbranched alkanes of at least 4 members (excludes halogenated alkanes) is 1. The minimum Gasteiger partial charge on any atom is -0.379 e. The predicted molar refractivity (Wildman–Crippen MR) is 104 cm³/mol. The smallest absolute Gasteiger partial charge is 0.312 e. The Balaban J connectivity index is 3.44. The van der Waals surface area contributed by atoms with Crippen LogP contribution in [0.2, 0.25) is 0 Å². The third kappa shape index (κ3) is 17.2. The van der Waals surface area contributed by atoms with Crippen molar-refractivity contribution in [1.82, 2.24) is 16.0 Å². The Morgan fingerprint density at radius 2 is 1.36 bits per heavy atom. The maximum absolute atomic E-state index is 11.6. The van der Waals surface area contributed by atoms with Gasteiger partial charge < -0.3 is 31.2 Å². The van der Waals surface area contributed by atoms with Gasteiger partial charge in [0.05, 0.1) is 33.0 Å². The highest BCUT2D eigenvalue weighted by Crippen LogP contribution is 1.98. The number of urea groups is 1. The first kappa shape index (κ1) is 25.8. The number of nitrogens with one attached hydrogen (secondary N) is 3. The van der Waals surface area contributed by atoms with Crippen LogP contribution >= 0.6 is 0 Å². The number of carbonyl (C=O) groups is 4. The molecule has 0 aliphatic heterocycles. The number of carbonyl (C=O) groups excluding carboxylic acids is 4. The Bertz CT molecular complexity index is 485. The Hall–Kier alpha value is -2.20. The molecule has 0 rings (SSSR count). The van der Waals surface area contributed by atoms with Crippen molar-refractivity contribution in [3.63, 3.8) is 0 Å². The molecule has 0 radical (unpaired) electrons. The van der Waals surface area contributed by atoms with Crippen LogP contribution in [0.4, 0.5) is 4.79 Å². The molecule has 0 aliphatic carbocycles. The number of nitrogens with two attached hydrogens (primary N) is 1. The highest BCUT2D eigenvalue weighted by Gasteiger charge is 2.07. The lowest BCUT2D eigenvalue weighted by atomic mass is 10.1. The summed E-state index contributed by atoms with van der Waals surface area (Å²) in [6.07, 6.45) is 1.94. The average molecular weight is 402 g/mol. The number of amides is 4. The topological polar surface area (TPSA) is 149 Å². The van der Waals surface area contributed by atoms with Crippen molar-refractivity contribution in [3.8, 4) is 0 Å². The van der Waals surface area contributed by atoms with Gasteiger partial charge in [0, 0.05) is 31.8 Å². The van der Waals surface area contributed by atoms with Crippen LogP contribution in [-0.2, 0) is 23.9 Å². The summed E-state index contributed by atoms with van der Waals surface area (Å²) in [4.78, 5) is 45.0. The summed E-state index contributed by atoms with van der Waals surface area (Å²) < 4.78 is 10.6. The van der Waals surface area contributed by atoms with Gasteiger partial charge in [-0.05, 0) is 12.8 Å². The van der Waals surface area contributed by atoms with Crippen molar-refractivity contribution >= 4 is 23.6 Å². The summed E-state index contributed by atoms with van der Waals surface area (Å²) >= 11 is 0. The van der Waals surface area contributed by atoms with E-state index in [4.69, 9.17) is 15.2 Å². The van der Waals surface area contributed by atoms with Gasteiger partial charge in [0.2, 0.25) is 11.8 Å². The second-order valence-electron chi connectivity index (χ2n) is 6.47. The molecule has 0 aliphatic rings. The zero-order valence-electron chi connectivity index (χ0n) is 16.9. The van der Waals surface area contributed by atoms with Gasteiger partial charge in [0.1, 0.15) is 5.78 Å². The first-order valence-electron chi connectivity index (χ1n) is 9.57. The van der Waals surface area contributed by atoms with Crippen molar-refractivity contribution < 1.29 is 28.7 Å². The summed E-state index contributed by atoms with van der Waals surface area (Å²) in [5.74, 6) is -0.363. The van der Waals surface area contributed by atoms with E-state index in [0.29, 0.717) is 52.2 Å². The lowest BCUT2D eigenvalue weighted by Gasteiger charge is -2.08. The number of primary amides is 1. The maximum Gasteiger partial charge on any atom is 0.312 e. The van der Waals surface area contributed by atoms with E-state index in [1.165, 1.54) is 0 Å². The molecule has 0 heterocycles. The lowest BCUT2D eigenvalue weighted by Crippen LogP contribution is -2.37. The fourth-order valence-electron chi connectivity index (χ4n) is 1.97. The minimum atomic E-state index is -0.568. The van der Waals surface area contributed by atoms with E-state index in [-0.39, 0.29) is 43.1 Å². The third-order valence-electron chi connectivity index (χ3n) is 3.65. The van der Waals surface area contributed by atoms with E-state index in [0.717, 1.165) is 0 Å². The van der Waals surface area contributed by atoms with Crippen molar-refractivity contribution in [2.45, 2.75) is 39.5 Å². The first-order chi connectivity index (χ1) is 13.3. The summed E-state index contributed by atoms with van der Waals surface area (Å²) in [5.41, 5.74) is 4.93. The lowest BCUT2D eigenvalue weighted by molar-refractivity contribution is -0.126. The molecule has 0 aromatic carbocycles. The zero-order valence-corrected chi connectivity index (χ0v) is 16.9. The molecular formula is C18H34N4O6. The van der Waals surface area contributed by atoms with E-state index >= 15 is 0 Å². The number of hydrogen-bond donors (Lipinski definition) is 4. The van der Waals surface area contributed by atoms with Crippen LogP contribution in [0.3, 0.4) is 0 Å². The van der Waals surface area contributed by atoms with Crippen LogP contribution in [0, 0.1) is 5.92 Å². The highest BCUT2D eigenvalue weighted by atomic mass is 16.5. The van der Waals surface area contributed by atoms with E-state index < -0.39 is 6.03 Å². The van der Waals surface area contributed by atoms with Gasteiger partial charge >= 0.3 is 6.03 Å². The van der Waals surface area contributed by atoms with Gasteiger partial charge in [-0.1, -0.05) is 13.8 Å². The van der Waals surface area contributed by atoms with Crippen LogP contribution < -0.4 is 21.7 Å². The van der Waals surface area contributed by atoms with Crippen LogP contribution in [0.25, 0.3) is 0 Å². The standard InChI is InChI=1S/C18H34N4O6/c1-14(2)15(23)5-9-27-11-12-28-10-6-16(24)22-13-17(25)20-7-3-4-8-21-18(19)26/h14H,3-13H2,1-2H3,(H,20,25)(H,22,24)(H3,19,21,26). The molecule has 4 amide bonds. The maximum atomic E-state index is 11.6. The summed E-state index contributed by atoms with van der Waals surface area (Å²) in [7, 11) is 0. The van der Waals surface area contributed by atoms with Gasteiger partial charge in [-0.25, -0.2) is 4.79 Å². The fourth-order valence-corrected chi connectivity index (χ4v) is 1.97. The molecule has 10 nitrogen and oxygen atoms in total. The van der Waals surface area contributed by atoms with E-state index in [2.05, 4.69) is 16.0 Å². The Kier molecular flexibility index (Phi) is 15.6. The molecule has 5 N–H and O–H groups in total. The number of ether oxygens (including phenoxy) is 2. The molecule has 0 aromatic rings. The quantitative estimate of drug-likeness (QED) is 0.246. The molecule has 0 saturated carbocycles. The summed E-state index contributed by atoms with van der Waals surface area (Å²) in [5, 5.41) is 7.63. The summed E-state index contributed by atoms with van der Waals surface area (Å²) in [6, 6.07) is -0.568. The highest BCUT2D eigenvalue weighted by molar-refractivity contribution is 5.84. The molecule has 28 heavy (non-hydrogen) atoms. The monoisotopic (exact) mass is 402 g/mol. The first-order valence-corrected chi connectivity index (χ1v) is 9.57. The second kappa shape index (κ2) is 16.9. The largest absolute Gasteiger partial charge is 0.379 e. The average Bonchev–Trinajstić information content (AvgIpc) is 2.64. The van der Waals surface area contributed by atoms with Gasteiger partial charge in [-0.15, -0.1) is 0 Å². The molecule has 0 unspecified atom stereocenters. The molecular weight excluding hydrogens is 368 g/mol. The van der Waals surface area contributed by atoms with Crippen molar-refractivity contribution in [2.24, 2.45) is 11.7 Å². The van der Waals surface area contributed by atoms with Crippen LogP contribution in [0.15, 0.2) is 0 Å². The molecule has 0 atom stereocenters. The molecule has 0 aromatic heterocycles. The van der Waals surface area contributed by atoms with E-state index in [9.17, 15) is 19.2 Å². The number of rotatable bonds is 17. The Morgan fingerprint density at radius 3 is 1.93 bits per heavy atom. The predicted octanol–water partition coefficient (Wildman–Crippen LogP) is -0.294. The van der Waals surface area contributed by atoms with Gasteiger partial charge in [0.15, 0.2) is 0 Å². The molecule has 0 spiro atoms. The van der Waals surface area contributed by atoms with E-state index in [1.54, 1.807) is 0 Å². The fraction of sp³-hybridized carbons (Fsp3) is 0.778. The molecule has 0 bridgehead atoms. The van der Waals surface area contributed by atoms with Gasteiger partial charge in [-0.3, -0.25) is 14.4 Å². The van der Waals surface area contributed by atoms with E-state index in [1.807, 2.05) is 13.8 Å². The molecule has 10 heteroatoms. The normalized spacial score (nSPS) is 10.5. The summed E-state index contributed by atoms with van der Waals surface area (Å²) in [6.45, 7) is 5.85. The zero-order chi connectivity index (χ0) is 21.2. The van der Waals surface area contributed by atoms with Crippen LogP contribution in [0.5, 0.6) is 0 Å². The van der Waals surface area contributed by atoms with Gasteiger partial charge in [0.25, 0.3) is 0 Å². The molecule has 0 saturated heterocycles. The van der Waals surface area contributed by atoms with Crippen LogP contribution in [0.1, 0.15) is 39.5 Å². The number of ketones is 1. The van der Waals surface area contributed by atoms with Crippen molar-refractivity contribution in [2.75, 3.05) is 46.1 Å². The molecule has 162 valence electrons. The Labute approximate surface area is 166 Å². The van der Waals surface area contributed by atoms with Gasteiger partial charge in [-0.2, -0.15) is 0 Å². The molecule has 0 fully saturated rings.